The molecule has 0 fully saturated rings. The Bertz CT molecular complexity index is 348. The Labute approximate surface area is 103 Å². The Morgan fingerprint density at radius 3 is 2.76 bits per heavy atom. The summed E-state index contributed by atoms with van der Waals surface area (Å²) in [5.74, 6) is 1.53. The Kier molecular flexibility index (Phi) is 4.75. The van der Waals surface area contributed by atoms with Crippen molar-refractivity contribution in [3.05, 3.63) is 18.3 Å². The maximum atomic E-state index is 9.81. The molecule has 1 heterocycles. The Morgan fingerprint density at radius 1 is 1.47 bits per heavy atom. The van der Waals surface area contributed by atoms with E-state index in [2.05, 4.69) is 11.9 Å². The first kappa shape index (κ1) is 13.8. The lowest BCUT2D eigenvalue weighted by atomic mass is 10.1. The molecule has 0 atom stereocenters. The van der Waals surface area contributed by atoms with E-state index in [1.165, 1.54) is 0 Å². The third kappa shape index (κ3) is 4.61. The summed E-state index contributed by atoms with van der Waals surface area (Å²) >= 11 is 0. The zero-order chi connectivity index (χ0) is 12.9. The molecular weight excluding hydrogens is 216 g/mol. The molecule has 0 aliphatic heterocycles. The van der Waals surface area contributed by atoms with E-state index in [1.54, 1.807) is 20.0 Å². The summed E-state index contributed by atoms with van der Waals surface area (Å²) in [5.41, 5.74) is -0.756. The summed E-state index contributed by atoms with van der Waals surface area (Å²) in [4.78, 5) is 6.21. The van der Waals surface area contributed by atoms with Crippen LogP contribution in [-0.2, 0) is 0 Å². The Balaban J connectivity index is 2.81. The van der Waals surface area contributed by atoms with Crippen molar-refractivity contribution in [1.82, 2.24) is 4.98 Å². The third-order valence-electron chi connectivity index (χ3n) is 2.20. The molecule has 1 aromatic heterocycles. The van der Waals surface area contributed by atoms with E-state index in [4.69, 9.17) is 4.74 Å². The molecule has 0 amide bonds. The average Bonchev–Trinajstić information content (AvgIpc) is 2.24. The number of aromatic nitrogens is 1. The van der Waals surface area contributed by atoms with Crippen molar-refractivity contribution in [2.24, 2.45) is 0 Å². The highest BCUT2D eigenvalue weighted by Gasteiger charge is 2.18. The van der Waals surface area contributed by atoms with Gasteiger partial charge in [-0.1, -0.05) is 6.92 Å². The summed E-state index contributed by atoms with van der Waals surface area (Å²) in [7, 11) is 1.90. The largest absolute Gasteiger partial charge is 0.490 e. The third-order valence-corrected chi connectivity index (χ3v) is 2.20. The fourth-order valence-electron chi connectivity index (χ4n) is 1.65. The van der Waals surface area contributed by atoms with Gasteiger partial charge in [0.1, 0.15) is 0 Å². The molecule has 0 aliphatic carbocycles. The number of hydrogen-bond donors (Lipinski definition) is 1. The molecule has 0 bridgehead atoms. The van der Waals surface area contributed by atoms with Crippen LogP contribution in [-0.4, -0.2) is 35.9 Å². The molecule has 0 saturated carbocycles. The second kappa shape index (κ2) is 5.87. The van der Waals surface area contributed by atoms with E-state index in [0.29, 0.717) is 13.2 Å². The van der Waals surface area contributed by atoms with Crippen LogP contribution in [0, 0.1) is 0 Å². The van der Waals surface area contributed by atoms with E-state index >= 15 is 0 Å². The Morgan fingerprint density at radius 2 is 2.18 bits per heavy atom. The highest BCUT2D eigenvalue weighted by atomic mass is 16.5. The molecule has 96 valence electrons. The zero-order valence-electron chi connectivity index (χ0n) is 11.1. The van der Waals surface area contributed by atoms with Crippen LogP contribution in [0.1, 0.15) is 27.2 Å². The topological polar surface area (TPSA) is 45.6 Å². The second-order valence-corrected chi connectivity index (χ2v) is 4.84. The maximum Gasteiger partial charge on any atom is 0.171 e. The number of rotatable bonds is 6. The first-order chi connectivity index (χ1) is 7.94. The maximum absolute atomic E-state index is 9.81. The molecular formula is C13H22N2O2. The monoisotopic (exact) mass is 238 g/mol. The van der Waals surface area contributed by atoms with Gasteiger partial charge in [0.2, 0.25) is 0 Å². The lowest BCUT2D eigenvalue weighted by molar-refractivity contribution is 0.0883. The summed E-state index contributed by atoms with van der Waals surface area (Å²) in [6.07, 6.45) is 2.69. The molecule has 1 aromatic rings. The quantitative estimate of drug-likeness (QED) is 0.824. The number of likely N-dealkylation sites (N-methyl/N-ethyl adjacent to an activating group) is 1. The smallest absolute Gasteiger partial charge is 0.171 e. The molecule has 0 unspecified atom stereocenters. The van der Waals surface area contributed by atoms with E-state index in [9.17, 15) is 5.11 Å². The van der Waals surface area contributed by atoms with Crippen molar-refractivity contribution in [2.45, 2.75) is 32.8 Å². The van der Waals surface area contributed by atoms with Crippen molar-refractivity contribution in [3.63, 3.8) is 0 Å². The van der Waals surface area contributed by atoms with Gasteiger partial charge >= 0.3 is 0 Å². The standard InChI is InChI=1S/C13H22N2O2/c1-5-9-17-11-7-6-8-14-12(11)15(4)10-13(2,3)16/h6-8,16H,5,9-10H2,1-4H3. The molecule has 0 spiro atoms. The molecule has 0 aromatic carbocycles. The van der Waals surface area contributed by atoms with Crippen LogP contribution in [0.3, 0.4) is 0 Å². The minimum absolute atomic E-state index is 0.506. The van der Waals surface area contributed by atoms with Gasteiger partial charge in [-0.3, -0.25) is 0 Å². The van der Waals surface area contributed by atoms with E-state index < -0.39 is 5.60 Å². The van der Waals surface area contributed by atoms with E-state index in [0.717, 1.165) is 18.0 Å². The first-order valence-electron chi connectivity index (χ1n) is 5.95. The molecule has 17 heavy (non-hydrogen) atoms. The Hall–Kier alpha value is -1.29. The molecule has 1 N–H and O–H groups in total. The second-order valence-electron chi connectivity index (χ2n) is 4.84. The highest BCUT2D eigenvalue weighted by molar-refractivity contribution is 5.51. The normalized spacial score (nSPS) is 11.4. The number of hydrogen-bond acceptors (Lipinski definition) is 4. The highest BCUT2D eigenvalue weighted by Crippen LogP contribution is 2.25. The van der Waals surface area contributed by atoms with Gasteiger partial charge in [0.15, 0.2) is 11.6 Å². The van der Waals surface area contributed by atoms with Gasteiger partial charge in [-0.05, 0) is 32.4 Å². The van der Waals surface area contributed by atoms with Gasteiger partial charge in [0.25, 0.3) is 0 Å². The van der Waals surface area contributed by atoms with Crippen molar-refractivity contribution < 1.29 is 9.84 Å². The van der Waals surface area contributed by atoms with Crippen LogP contribution in [0.25, 0.3) is 0 Å². The van der Waals surface area contributed by atoms with Crippen LogP contribution < -0.4 is 9.64 Å². The predicted molar refractivity (Wildman–Crippen MR) is 69.6 cm³/mol. The lowest BCUT2D eigenvalue weighted by Gasteiger charge is -2.27. The van der Waals surface area contributed by atoms with Gasteiger partial charge in [-0.25, -0.2) is 4.98 Å². The van der Waals surface area contributed by atoms with Crippen LogP contribution in [0.2, 0.25) is 0 Å². The van der Waals surface area contributed by atoms with Gasteiger partial charge in [0, 0.05) is 19.8 Å². The van der Waals surface area contributed by atoms with Gasteiger partial charge in [0.05, 0.1) is 12.2 Å². The minimum atomic E-state index is -0.756. The number of pyridine rings is 1. The summed E-state index contributed by atoms with van der Waals surface area (Å²) in [6.45, 7) is 6.80. The molecule has 4 heteroatoms. The number of anilines is 1. The van der Waals surface area contributed by atoms with E-state index in [-0.39, 0.29) is 0 Å². The van der Waals surface area contributed by atoms with E-state index in [1.807, 2.05) is 24.1 Å². The van der Waals surface area contributed by atoms with Gasteiger partial charge < -0.3 is 14.7 Å². The van der Waals surface area contributed by atoms with Crippen molar-refractivity contribution >= 4 is 5.82 Å². The van der Waals surface area contributed by atoms with Crippen molar-refractivity contribution in [1.29, 1.82) is 0 Å². The molecule has 4 nitrogen and oxygen atoms in total. The van der Waals surface area contributed by atoms with Crippen LogP contribution >= 0.6 is 0 Å². The molecule has 0 aliphatic rings. The SMILES string of the molecule is CCCOc1cccnc1N(C)CC(C)(C)O. The summed E-state index contributed by atoms with van der Waals surface area (Å²) in [5, 5.41) is 9.81. The minimum Gasteiger partial charge on any atom is -0.490 e. The van der Waals surface area contributed by atoms with Crippen molar-refractivity contribution in [2.75, 3.05) is 25.1 Å². The fraction of sp³-hybridized carbons (Fsp3) is 0.615. The lowest BCUT2D eigenvalue weighted by Crippen LogP contribution is -2.36. The summed E-state index contributed by atoms with van der Waals surface area (Å²) < 4.78 is 5.64. The molecule has 1 rings (SSSR count). The average molecular weight is 238 g/mol. The fourth-order valence-corrected chi connectivity index (χ4v) is 1.65. The number of ether oxygens (including phenoxy) is 1. The molecule has 0 radical (unpaired) electrons. The number of nitrogens with zero attached hydrogens (tertiary/aromatic N) is 2. The van der Waals surface area contributed by atoms with Crippen LogP contribution in [0.5, 0.6) is 5.75 Å². The van der Waals surface area contributed by atoms with Crippen molar-refractivity contribution in [3.8, 4) is 5.75 Å². The van der Waals surface area contributed by atoms with Crippen LogP contribution in [0.15, 0.2) is 18.3 Å². The number of aliphatic hydroxyl groups is 1. The summed E-state index contributed by atoms with van der Waals surface area (Å²) in [6, 6.07) is 3.76. The molecule has 0 saturated heterocycles. The first-order valence-corrected chi connectivity index (χ1v) is 5.95. The van der Waals surface area contributed by atoms with Gasteiger partial charge in [-0.15, -0.1) is 0 Å². The van der Waals surface area contributed by atoms with Gasteiger partial charge in [-0.2, -0.15) is 0 Å². The zero-order valence-corrected chi connectivity index (χ0v) is 11.1. The predicted octanol–water partition coefficient (Wildman–Crippen LogP) is 2.08. The van der Waals surface area contributed by atoms with Crippen LogP contribution in [0.4, 0.5) is 5.82 Å².